The smallest absolute Gasteiger partial charge is 0.308 e. The Bertz CT molecular complexity index is 1230. The molecule has 3 unspecified atom stereocenters. The van der Waals surface area contributed by atoms with Gasteiger partial charge in [-0.3, -0.25) is 34.0 Å². The third-order valence-corrected chi connectivity index (χ3v) is 6.74. The molecule has 2 aliphatic rings. The van der Waals surface area contributed by atoms with Gasteiger partial charge in [-0.15, -0.1) is 0 Å². The summed E-state index contributed by atoms with van der Waals surface area (Å²) >= 11 is 0. The van der Waals surface area contributed by atoms with E-state index in [0.29, 0.717) is 12.2 Å². The molecule has 0 radical (unpaired) electrons. The third kappa shape index (κ3) is 8.71. The fourth-order valence-corrected chi connectivity index (χ4v) is 5.13. The van der Waals surface area contributed by atoms with E-state index in [1.807, 2.05) is 0 Å². The summed E-state index contributed by atoms with van der Waals surface area (Å²) < 4.78 is 36.7. The van der Waals surface area contributed by atoms with E-state index in [9.17, 15) is 32.4 Å². The molecular formula is C25H35N5O9S. The zero-order valence-corrected chi connectivity index (χ0v) is 23.7. The summed E-state index contributed by atoms with van der Waals surface area (Å²) in [6.45, 7) is 4.65. The van der Waals surface area contributed by atoms with Crippen LogP contribution in [-0.2, 0) is 38.7 Å². The highest BCUT2D eigenvalue weighted by molar-refractivity contribution is 7.88. The molecule has 1 aromatic rings. The van der Waals surface area contributed by atoms with Crippen molar-refractivity contribution in [3.8, 4) is 5.75 Å². The van der Waals surface area contributed by atoms with Crippen LogP contribution in [0.15, 0.2) is 24.5 Å². The molecule has 0 aliphatic carbocycles. The Morgan fingerprint density at radius 2 is 1.93 bits per heavy atom. The van der Waals surface area contributed by atoms with Crippen molar-refractivity contribution in [2.24, 2.45) is 0 Å². The monoisotopic (exact) mass is 581 g/mol. The number of sulfonamides is 1. The summed E-state index contributed by atoms with van der Waals surface area (Å²) in [5.41, 5.74) is -0.842. The molecule has 15 heteroatoms. The number of hydrogen-bond acceptors (Lipinski definition) is 10. The van der Waals surface area contributed by atoms with Gasteiger partial charge < -0.3 is 14.8 Å². The van der Waals surface area contributed by atoms with Gasteiger partial charge in [0.15, 0.2) is 5.78 Å². The van der Waals surface area contributed by atoms with Crippen molar-refractivity contribution < 1.29 is 41.9 Å². The van der Waals surface area contributed by atoms with Crippen LogP contribution >= 0.6 is 0 Å². The van der Waals surface area contributed by atoms with Crippen LogP contribution < -0.4 is 14.8 Å². The Labute approximate surface area is 232 Å². The van der Waals surface area contributed by atoms with Gasteiger partial charge in [-0.25, -0.2) is 18.1 Å². The number of hydrazine groups is 1. The zero-order chi connectivity index (χ0) is 29.7. The topological polar surface area (TPSA) is 181 Å². The van der Waals surface area contributed by atoms with Gasteiger partial charge in [-0.05, 0) is 52.2 Å². The predicted octanol–water partition coefficient (Wildman–Crippen LogP) is -0.308. The molecule has 3 amide bonds. The number of pyridine rings is 1. The highest BCUT2D eigenvalue weighted by atomic mass is 32.2. The maximum atomic E-state index is 13.5. The molecule has 2 fully saturated rings. The fourth-order valence-electron chi connectivity index (χ4n) is 4.39. The third-order valence-electron chi connectivity index (χ3n) is 6.03. The van der Waals surface area contributed by atoms with Crippen LogP contribution in [0.5, 0.6) is 5.75 Å². The maximum absolute atomic E-state index is 13.5. The number of nitrogens with one attached hydrogen (secondary N) is 2. The summed E-state index contributed by atoms with van der Waals surface area (Å²) in [4.78, 5) is 69.3. The van der Waals surface area contributed by atoms with Crippen LogP contribution in [-0.4, -0.2) is 96.0 Å². The minimum Gasteiger partial charge on any atom is -0.484 e. The van der Waals surface area contributed by atoms with Gasteiger partial charge in [0.25, 0.3) is 5.91 Å². The molecule has 0 bridgehead atoms. The molecule has 3 atom stereocenters. The normalized spacial score (nSPS) is 20.7. The van der Waals surface area contributed by atoms with Crippen LogP contribution in [0.2, 0.25) is 0 Å². The Kier molecular flexibility index (Phi) is 9.84. The van der Waals surface area contributed by atoms with Crippen molar-refractivity contribution in [2.75, 3.05) is 19.4 Å². The van der Waals surface area contributed by atoms with Crippen LogP contribution in [0, 0.1) is 0 Å². The molecule has 0 spiro atoms. The SMILES string of the molecule is CC(C)(C)OC(=O)CC(NC(=O)C1CCCN2C(=O)CCC(NS(C)(=O)=O)C(=O)N12)C(=O)COc1cccnc1. The predicted molar refractivity (Wildman–Crippen MR) is 140 cm³/mol. The highest BCUT2D eigenvalue weighted by Gasteiger charge is 2.45. The number of aromatic nitrogens is 1. The summed E-state index contributed by atoms with van der Waals surface area (Å²) in [5, 5.41) is 4.66. The summed E-state index contributed by atoms with van der Waals surface area (Å²) in [5.74, 6) is -3.05. The second-order valence-electron chi connectivity index (χ2n) is 10.6. The minimum atomic E-state index is -3.80. The maximum Gasteiger partial charge on any atom is 0.308 e. The van der Waals surface area contributed by atoms with E-state index >= 15 is 0 Å². The largest absolute Gasteiger partial charge is 0.484 e. The van der Waals surface area contributed by atoms with Crippen LogP contribution in [0.4, 0.5) is 0 Å². The first-order valence-electron chi connectivity index (χ1n) is 12.8. The first kappa shape index (κ1) is 30.9. The molecule has 3 heterocycles. The number of Topliss-reactive ketones (excluding diaryl/α,β-unsaturated/α-hetero) is 1. The number of nitrogens with zero attached hydrogens (tertiary/aromatic N) is 3. The minimum absolute atomic E-state index is 0.0719. The van der Waals surface area contributed by atoms with Gasteiger partial charge in [0, 0.05) is 19.2 Å². The number of carbonyl (C=O) groups is 5. The quantitative estimate of drug-likeness (QED) is 0.348. The lowest BCUT2D eigenvalue weighted by Gasteiger charge is -2.43. The van der Waals surface area contributed by atoms with Crippen LogP contribution in [0.25, 0.3) is 0 Å². The van der Waals surface area contributed by atoms with E-state index in [-0.39, 0.29) is 25.8 Å². The lowest BCUT2D eigenvalue weighted by atomic mass is 10.0. The first-order chi connectivity index (χ1) is 18.6. The number of ketones is 1. The van der Waals surface area contributed by atoms with Crippen molar-refractivity contribution >= 4 is 39.5 Å². The van der Waals surface area contributed by atoms with Crippen molar-refractivity contribution in [3.05, 3.63) is 24.5 Å². The molecule has 3 rings (SSSR count). The molecule has 1 aromatic heterocycles. The van der Waals surface area contributed by atoms with Crippen LogP contribution in [0.1, 0.15) is 52.9 Å². The van der Waals surface area contributed by atoms with Gasteiger partial charge in [-0.2, -0.15) is 0 Å². The van der Waals surface area contributed by atoms with E-state index in [1.54, 1.807) is 32.9 Å². The Hall–Kier alpha value is -3.59. The van der Waals surface area contributed by atoms with Crippen molar-refractivity contribution in [3.63, 3.8) is 0 Å². The molecule has 14 nitrogen and oxygen atoms in total. The number of carbonyl (C=O) groups excluding carboxylic acids is 5. The Morgan fingerprint density at radius 1 is 1.20 bits per heavy atom. The van der Waals surface area contributed by atoms with Crippen LogP contribution in [0.3, 0.4) is 0 Å². The van der Waals surface area contributed by atoms with Crippen molar-refractivity contribution in [1.82, 2.24) is 25.0 Å². The van der Waals surface area contributed by atoms with Crippen molar-refractivity contribution in [2.45, 2.75) is 76.6 Å². The molecular weight excluding hydrogens is 546 g/mol. The fraction of sp³-hybridized carbons (Fsp3) is 0.600. The molecule has 0 aromatic carbocycles. The number of rotatable bonds is 10. The Morgan fingerprint density at radius 3 is 2.55 bits per heavy atom. The van der Waals surface area contributed by atoms with E-state index < -0.39 is 76.3 Å². The van der Waals surface area contributed by atoms with Gasteiger partial charge in [0.2, 0.25) is 21.8 Å². The number of esters is 1. The van der Waals surface area contributed by atoms with Gasteiger partial charge in [0.1, 0.15) is 36.1 Å². The highest BCUT2D eigenvalue weighted by Crippen LogP contribution is 2.25. The Balaban J connectivity index is 1.82. The first-order valence-corrected chi connectivity index (χ1v) is 14.7. The molecule has 2 N–H and O–H groups in total. The molecule has 220 valence electrons. The number of hydrogen-bond donors (Lipinski definition) is 2. The van der Waals surface area contributed by atoms with E-state index in [4.69, 9.17) is 9.47 Å². The summed E-state index contributed by atoms with van der Waals surface area (Å²) in [6.07, 6.45) is 3.67. The molecule has 2 saturated heterocycles. The zero-order valence-electron chi connectivity index (χ0n) is 22.9. The second-order valence-corrected chi connectivity index (χ2v) is 12.4. The molecule has 2 aliphatic heterocycles. The lowest BCUT2D eigenvalue weighted by Crippen LogP contribution is -2.64. The van der Waals surface area contributed by atoms with Gasteiger partial charge in [0.05, 0.1) is 18.9 Å². The number of amides is 3. The number of fused-ring (bicyclic) bond motifs is 1. The molecule has 40 heavy (non-hydrogen) atoms. The van der Waals surface area contributed by atoms with E-state index in [1.165, 1.54) is 12.4 Å². The van der Waals surface area contributed by atoms with E-state index in [0.717, 1.165) is 16.3 Å². The average Bonchev–Trinajstić information content (AvgIpc) is 2.97. The van der Waals surface area contributed by atoms with Gasteiger partial charge >= 0.3 is 5.97 Å². The van der Waals surface area contributed by atoms with E-state index in [2.05, 4.69) is 15.0 Å². The van der Waals surface area contributed by atoms with Gasteiger partial charge in [-0.1, -0.05) is 0 Å². The number of ether oxygens (including phenoxy) is 2. The summed E-state index contributed by atoms with van der Waals surface area (Å²) in [7, 11) is -3.80. The standard InChI is InChI=1S/C25H35N5O9S/c1-25(2,3)39-22(33)13-18(20(31)15-38-16-7-5-11-26-14-16)27-23(34)19-8-6-12-29-21(32)10-9-17(24(35)30(19)29)28-40(4,36)37/h5,7,11,14,17-19,28H,6,8-10,12-13,15H2,1-4H3,(H,27,34). The van der Waals surface area contributed by atoms with Crippen molar-refractivity contribution in [1.29, 1.82) is 0 Å². The average molecular weight is 582 g/mol. The second kappa shape index (κ2) is 12.7. The summed E-state index contributed by atoms with van der Waals surface area (Å²) in [6, 6.07) is -0.636. The lowest BCUT2D eigenvalue weighted by molar-refractivity contribution is -0.176. The molecule has 0 saturated carbocycles.